The molecule has 10 aromatic rings. The number of hydrogen-bond donors (Lipinski definition) is 0. The summed E-state index contributed by atoms with van der Waals surface area (Å²) in [6.07, 6.45) is 9.89. The Morgan fingerprint density at radius 3 is 1.72 bits per heavy atom. The summed E-state index contributed by atoms with van der Waals surface area (Å²) in [7, 11) is 0. The van der Waals surface area contributed by atoms with Crippen LogP contribution >= 0.6 is 0 Å². The fourth-order valence-electron chi connectivity index (χ4n) is 8.68. The first-order valence-corrected chi connectivity index (χ1v) is 19.6. The number of nitrogens with zero attached hydrogens (tertiary/aromatic N) is 2. The number of benzene rings is 9. The van der Waals surface area contributed by atoms with Gasteiger partial charge in [0.25, 0.3) is 0 Å². The number of hydrogen-bond acceptors (Lipinski definition) is 2. The predicted molar refractivity (Wildman–Crippen MR) is 242 cm³/mol. The van der Waals surface area contributed by atoms with Crippen molar-refractivity contribution in [1.29, 1.82) is 0 Å². The van der Waals surface area contributed by atoms with Crippen LogP contribution in [0.15, 0.2) is 194 Å². The zero-order valence-electron chi connectivity index (χ0n) is 31.2. The minimum absolute atomic E-state index is 0.707. The Kier molecular flexibility index (Phi) is 7.93. The Morgan fingerprint density at radius 1 is 0.333 bits per heavy atom. The van der Waals surface area contributed by atoms with E-state index in [0.717, 1.165) is 39.9 Å². The van der Waals surface area contributed by atoms with E-state index in [1.165, 1.54) is 71.1 Å². The van der Waals surface area contributed by atoms with Crippen LogP contribution in [0.3, 0.4) is 0 Å². The van der Waals surface area contributed by atoms with Crippen molar-refractivity contribution >= 4 is 55.2 Å². The molecule has 0 atom stereocenters. The van der Waals surface area contributed by atoms with Gasteiger partial charge in [-0.1, -0.05) is 182 Å². The Morgan fingerprint density at radius 2 is 0.930 bits per heavy atom. The van der Waals surface area contributed by atoms with Crippen molar-refractivity contribution in [2.75, 3.05) is 0 Å². The van der Waals surface area contributed by atoms with Crippen LogP contribution in [-0.4, -0.2) is 9.97 Å². The molecular formula is C55H36N2. The fraction of sp³-hybridized carbons (Fsp3) is 0.0182. The zero-order valence-corrected chi connectivity index (χ0v) is 31.2. The van der Waals surface area contributed by atoms with Crippen LogP contribution in [0, 0.1) is 0 Å². The van der Waals surface area contributed by atoms with E-state index in [0.29, 0.717) is 5.82 Å². The van der Waals surface area contributed by atoms with Gasteiger partial charge in [0.05, 0.1) is 11.4 Å². The second kappa shape index (κ2) is 13.7. The third-order valence-electron chi connectivity index (χ3n) is 11.4. The Bertz CT molecular complexity index is 3250. The minimum Gasteiger partial charge on any atom is -0.228 e. The highest BCUT2D eigenvalue weighted by Gasteiger charge is 2.18. The number of fused-ring (bicyclic) bond motifs is 6. The van der Waals surface area contributed by atoms with Gasteiger partial charge in [0.2, 0.25) is 0 Å². The average molecular weight is 725 g/mol. The molecule has 0 unspecified atom stereocenters. The molecule has 0 aliphatic heterocycles. The van der Waals surface area contributed by atoms with Crippen molar-refractivity contribution < 1.29 is 0 Å². The SMILES string of the molecule is C1=Cc2c(-c3ccccc3)ccc(-c3cc(-c4ccccc4)nc(-c4ccc5cc(-c6c7ccccc7cc7c6ccc6ccccc67)ccc5c4)n3)c2C=CC1. The molecule has 0 spiro atoms. The summed E-state index contributed by atoms with van der Waals surface area (Å²) in [5, 5.41) is 9.91. The Balaban J connectivity index is 1.06. The lowest BCUT2D eigenvalue weighted by molar-refractivity contribution is 1.18. The maximum atomic E-state index is 5.34. The second-order valence-corrected chi connectivity index (χ2v) is 14.9. The monoisotopic (exact) mass is 724 g/mol. The summed E-state index contributed by atoms with van der Waals surface area (Å²) in [4.78, 5) is 10.6. The number of allylic oxidation sites excluding steroid dienone is 2. The lowest BCUT2D eigenvalue weighted by Gasteiger charge is -2.16. The molecule has 2 heteroatoms. The van der Waals surface area contributed by atoms with Crippen molar-refractivity contribution in [3.8, 4) is 56.2 Å². The third kappa shape index (κ3) is 5.82. The van der Waals surface area contributed by atoms with Gasteiger partial charge in [-0.25, -0.2) is 9.97 Å². The summed E-state index contributed by atoms with van der Waals surface area (Å²) < 4.78 is 0. The first-order chi connectivity index (χ1) is 28.2. The van der Waals surface area contributed by atoms with Gasteiger partial charge in [-0.2, -0.15) is 0 Å². The molecule has 0 radical (unpaired) electrons. The van der Waals surface area contributed by atoms with Crippen molar-refractivity contribution in [1.82, 2.24) is 9.97 Å². The summed E-state index contributed by atoms with van der Waals surface area (Å²) in [5.41, 5.74) is 12.2. The molecule has 1 aliphatic rings. The van der Waals surface area contributed by atoms with Crippen LogP contribution in [0.1, 0.15) is 17.5 Å². The maximum Gasteiger partial charge on any atom is 0.160 e. The van der Waals surface area contributed by atoms with Gasteiger partial charge in [-0.3, -0.25) is 0 Å². The molecule has 0 N–H and O–H groups in total. The Hall–Kier alpha value is -7.42. The van der Waals surface area contributed by atoms with Crippen LogP contribution in [0.25, 0.3) is 111 Å². The van der Waals surface area contributed by atoms with Crippen LogP contribution < -0.4 is 0 Å². The van der Waals surface area contributed by atoms with E-state index in [1.54, 1.807) is 0 Å². The molecule has 9 aromatic carbocycles. The predicted octanol–water partition coefficient (Wildman–Crippen LogP) is 14.9. The standard InChI is InChI=1S/C55H36N2/c1-4-14-36(15-5-1)45-30-31-49(48-23-9-3-8-22-47(45)48)53-35-52(38-17-6-2-7-18-38)56-55(57-53)43-27-25-39-32-42(26-24-40(39)33-43)54-46-21-13-11-19-41(46)34-51-44-20-12-10-16-37(44)28-29-50(51)54/h1-2,4-35H,3H2. The number of rotatable bonds is 5. The molecule has 1 aliphatic carbocycles. The molecule has 1 heterocycles. The van der Waals surface area contributed by atoms with E-state index in [1.807, 2.05) is 6.07 Å². The highest BCUT2D eigenvalue weighted by molar-refractivity contribution is 6.20. The van der Waals surface area contributed by atoms with Crippen molar-refractivity contribution in [3.63, 3.8) is 0 Å². The lowest BCUT2D eigenvalue weighted by atomic mass is 9.89. The van der Waals surface area contributed by atoms with E-state index >= 15 is 0 Å². The van der Waals surface area contributed by atoms with Gasteiger partial charge in [0.1, 0.15) is 0 Å². The smallest absolute Gasteiger partial charge is 0.160 e. The summed E-state index contributed by atoms with van der Waals surface area (Å²) in [5.74, 6) is 0.707. The molecule has 2 nitrogen and oxygen atoms in total. The average Bonchev–Trinajstić information content (AvgIpc) is 3.54. The van der Waals surface area contributed by atoms with Crippen LogP contribution in [0.2, 0.25) is 0 Å². The maximum absolute atomic E-state index is 5.34. The molecular weight excluding hydrogens is 689 g/mol. The summed E-state index contributed by atoms with van der Waals surface area (Å²) in [6, 6.07) is 65.5. The van der Waals surface area contributed by atoms with Gasteiger partial charge in [0, 0.05) is 16.7 Å². The van der Waals surface area contributed by atoms with Gasteiger partial charge in [-0.05, 0) is 107 Å². The molecule has 11 rings (SSSR count). The lowest BCUT2D eigenvalue weighted by Crippen LogP contribution is -1.99. The van der Waals surface area contributed by atoms with Crippen molar-refractivity contribution in [2.24, 2.45) is 0 Å². The van der Waals surface area contributed by atoms with Gasteiger partial charge < -0.3 is 0 Å². The first-order valence-electron chi connectivity index (χ1n) is 19.6. The molecule has 266 valence electrons. The topological polar surface area (TPSA) is 25.8 Å². The molecule has 57 heavy (non-hydrogen) atoms. The van der Waals surface area contributed by atoms with Crippen LogP contribution in [0.4, 0.5) is 0 Å². The highest BCUT2D eigenvalue weighted by Crippen LogP contribution is 2.41. The molecule has 0 saturated carbocycles. The Labute approximate surface area is 331 Å². The van der Waals surface area contributed by atoms with Gasteiger partial charge >= 0.3 is 0 Å². The van der Waals surface area contributed by atoms with Crippen LogP contribution in [0.5, 0.6) is 0 Å². The van der Waals surface area contributed by atoms with E-state index in [4.69, 9.17) is 9.97 Å². The largest absolute Gasteiger partial charge is 0.228 e. The fourth-order valence-corrected chi connectivity index (χ4v) is 8.68. The van der Waals surface area contributed by atoms with Gasteiger partial charge in [-0.15, -0.1) is 0 Å². The van der Waals surface area contributed by atoms with E-state index in [-0.39, 0.29) is 0 Å². The molecule has 0 saturated heterocycles. The summed E-state index contributed by atoms with van der Waals surface area (Å²) >= 11 is 0. The summed E-state index contributed by atoms with van der Waals surface area (Å²) in [6.45, 7) is 0. The normalized spacial score (nSPS) is 12.4. The van der Waals surface area contributed by atoms with E-state index < -0.39 is 0 Å². The van der Waals surface area contributed by atoms with Gasteiger partial charge in [0.15, 0.2) is 5.82 Å². The van der Waals surface area contributed by atoms with Crippen molar-refractivity contribution in [3.05, 3.63) is 205 Å². The van der Waals surface area contributed by atoms with Crippen LogP contribution in [-0.2, 0) is 0 Å². The minimum atomic E-state index is 0.707. The first kappa shape index (κ1) is 33.0. The quantitative estimate of drug-likeness (QED) is 0.130. The van der Waals surface area contributed by atoms with E-state index in [9.17, 15) is 0 Å². The zero-order chi connectivity index (χ0) is 37.7. The molecule has 0 bridgehead atoms. The van der Waals surface area contributed by atoms with Crippen molar-refractivity contribution in [2.45, 2.75) is 6.42 Å². The molecule has 0 amide bonds. The molecule has 1 aromatic heterocycles. The second-order valence-electron chi connectivity index (χ2n) is 14.9. The number of aromatic nitrogens is 2. The van der Waals surface area contributed by atoms with E-state index in [2.05, 4.69) is 200 Å². The molecule has 0 fully saturated rings. The third-order valence-corrected chi connectivity index (χ3v) is 11.4. The highest BCUT2D eigenvalue weighted by atomic mass is 14.9.